The lowest BCUT2D eigenvalue weighted by Gasteiger charge is -2.09. The van der Waals surface area contributed by atoms with Crippen LogP contribution in [-0.4, -0.2) is 29.8 Å². The van der Waals surface area contributed by atoms with Gasteiger partial charge in [0.1, 0.15) is 11.3 Å². The van der Waals surface area contributed by atoms with Crippen LogP contribution in [0.2, 0.25) is 0 Å². The topological polar surface area (TPSA) is 74.2 Å². The summed E-state index contributed by atoms with van der Waals surface area (Å²) in [6.45, 7) is 2.31. The maximum Gasteiger partial charge on any atom is 0.287 e. The molecule has 3 heterocycles. The maximum absolute atomic E-state index is 12.8. The number of imidazole rings is 2. The van der Waals surface area contributed by atoms with Gasteiger partial charge >= 0.3 is 0 Å². The van der Waals surface area contributed by atoms with Crippen LogP contribution in [0.15, 0.2) is 41.5 Å². The molecule has 0 N–H and O–H groups in total. The molecule has 120 valence electrons. The van der Waals surface area contributed by atoms with Crippen LogP contribution in [-0.2, 0) is 13.6 Å². The largest absolute Gasteiger partial charge is 0.312 e. The molecule has 0 amide bonds. The second-order valence-corrected chi connectivity index (χ2v) is 5.73. The van der Waals surface area contributed by atoms with Gasteiger partial charge < -0.3 is 4.57 Å². The first kappa shape index (κ1) is 14.4. The molecule has 4 rings (SSSR count). The van der Waals surface area contributed by atoms with Crippen molar-refractivity contribution in [2.75, 3.05) is 0 Å². The highest BCUT2D eigenvalue weighted by atomic mass is 16.1. The fourth-order valence-corrected chi connectivity index (χ4v) is 3.06. The Hall–Kier alpha value is -3.22. The fourth-order valence-electron chi connectivity index (χ4n) is 3.06. The Labute approximate surface area is 136 Å². The van der Waals surface area contributed by atoms with Crippen molar-refractivity contribution in [3.05, 3.63) is 64.0 Å². The molecule has 0 spiro atoms. The number of fused-ring (bicyclic) bond motifs is 2. The molecule has 0 saturated carbocycles. The van der Waals surface area contributed by atoms with E-state index in [0.717, 1.165) is 5.56 Å². The van der Waals surface area contributed by atoms with Crippen LogP contribution in [0.5, 0.6) is 0 Å². The number of aldehydes is 1. The van der Waals surface area contributed by atoms with Gasteiger partial charge in [-0.3, -0.25) is 14.2 Å². The van der Waals surface area contributed by atoms with Gasteiger partial charge in [0, 0.05) is 7.05 Å². The van der Waals surface area contributed by atoms with Crippen molar-refractivity contribution in [2.45, 2.75) is 13.5 Å². The summed E-state index contributed by atoms with van der Waals surface area (Å²) >= 11 is 0. The molecular formula is C17H15N5O2. The summed E-state index contributed by atoms with van der Waals surface area (Å²) in [7, 11) is 1.82. The first-order valence-corrected chi connectivity index (χ1v) is 7.54. The Morgan fingerprint density at radius 3 is 2.67 bits per heavy atom. The van der Waals surface area contributed by atoms with Crippen molar-refractivity contribution in [3.8, 4) is 0 Å². The summed E-state index contributed by atoms with van der Waals surface area (Å²) < 4.78 is 5.04. The van der Waals surface area contributed by atoms with Crippen molar-refractivity contribution in [2.24, 2.45) is 7.05 Å². The molecule has 0 aliphatic rings. The average molecular weight is 321 g/mol. The molecule has 0 radical (unpaired) electrons. The third-order valence-electron chi connectivity index (χ3n) is 4.22. The molecule has 7 nitrogen and oxygen atoms in total. The van der Waals surface area contributed by atoms with Crippen LogP contribution >= 0.6 is 0 Å². The molecule has 24 heavy (non-hydrogen) atoms. The van der Waals surface area contributed by atoms with Crippen LogP contribution in [0.25, 0.3) is 16.9 Å². The number of nitrogens with zero attached hydrogens (tertiary/aromatic N) is 5. The van der Waals surface area contributed by atoms with Crippen molar-refractivity contribution < 1.29 is 4.79 Å². The molecule has 0 bridgehead atoms. The van der Waals surface area contributed by atoms with Crippen molar-refractivity contribution >= 4 is 23.2 Å². The minimum absolute atomic E-state index is 0.269. The van der Waals surface area contributed by atoms with Gasteiger partial charge in [-0.1, -0.05) is 30.3 Å². The zero-order chi connectivity index (χ0) is 16.8. The number of hydrogen-bond donors (Lipinski definition) is 0. The van der Waals surface area contributed by atoms with Crippen LogP contribution in [0, 0.1) is 6.92 Å². The number of hydrogen-bond acceptors (Lipinski definition) is 4. The van der Waals surface area contributed by atoms with Gasteiger partial charge in [0.05, 0.1) is 18.6 Å². The molecule has 0 aliphatic carbocycles. The second kappa shape index (κ2) is 5.16. The number of benzene rings is 1. The van der Waals surface area contributed by atoms with E-state index in [-0.39, 0.29) is 11.3 Å². The van der Waals surface area contributed by atoms with E-state index in [4.69, 9.17) is 0 Å². The average Bonchev–Trinajstić information content (AvgIpc) is 3.15. The third-order valence-corrected chi connectivity index (χ3v) is 4.22. The Bertz CT molecular complexity index is 1130. The molecule has 0 aliphatic heterocycles. The summed E-state index contributed by atoms with van der Waals surface area (Å²) in [5, 5.41) is 0. The third kappa shape index (κ3) is 1.91. The highest BCUT2D eigenvalue weighted by Crippen LogP contribution is 2.16. The second-order valence-electron chi connectivity index (χ2n) is 5.73. The van der Waals surface area contributed by atoms with Crippen LogP contribution in [0.3, 0.4) is 0 Å². The number of carbonyl (C=O) groups is 1. The van der Waals surface area contributed by atoms with E-state index < -0.39 is 0 Å². The van der Waals surface area contributed by atoms with E-state index in [0.29, 0.717) is 35.5 Å². The molecule has 4 aromatic rings. The molecule has 0 saturated heterocycles. The normalized spacial score (nSPS) is 11.4. The van der Waals surface area contributed by atoms with Crippen LogP contribution < -0.4 is 5.56 Å². The molecule has 3 aromatic heterocycles. The Kier molecular flexibility index (Phi) is 3.09. The lowest BCUT2D eigenvalue weighted by atomic mass is 10.2. The fraction of sp³-hybridized carbons (Fsp3) is 0.176. The summed E-state index contributed by atoms with van der Waals surface area (Å²) in [5.41, 5.74) is 2.58. The Morgan fingerprint density at radius 2 is 1.96 bits per heavy atom. The molecule has 0 unspecified atom stereocenters. The highest BCUT2D eigenvalue weighted by molar-refractivity contribution is 5.79. The van der Waals surface area contributed by atoms with Crippen molar-refractivity contribution in [1.29, 1.82) is 0 Å². The quantitative estimate of drug-likeness (QED) is 0.537. The smallest absolute Gasteiger partial charge is 0.287 e. The zero-order valence-electron chi connectivity index (χ0n) is 13.3. The van der Waals surface area contributed by atoms with E-state index in [9.17, 15) is 9.59 Å². The summed E-state index contributed by atoms with van der Waals surface area (Å²) in [6, 6.07) is 9.95. The monoisotopic (exact) mass is 321 g/mol. The van der Waals surface area contributed by atoms with Crippen molar-refractivity contribution in [3.63, 3.8) is 0 Å². The zero-order valence-corrected chi connectivity index (χ0v) is 13.3. The number of aryl methyl sites for hydroxylation is 2. The van der Waals surface area contributed by atoms with Gasteiger partial charge in [0.25, 0.3) is 5.56 Å². The lowest BCUT2D eigenvalue weighted by Crippen LogP contribution is -2.20. The van der Waals surface area contributed by atoms with Gasteiger partial charge in [-0.2, -0.15) is 0 Å². The van der Waals surface area contributed by atoms with E-state index in [2.05, 4.69) is 9.97 Å². The number of carbonyl (C=O) groups excluding carboxylic acids is 1. The Morgan fingerprint density at radius 1 is 1.21 bits per heavy atom. The molecule has 7 heteroatoms. The molecular weight excluding hydrogens is 306 g/mol. The van der Waals surface area contributed by atoms with Gasteiger partial charge in [-0.05, 0) is 12.5 Å². The predicted molar refractivity (Wildman–Crippen MR) is 89.4 cm³/mol. The maximum atomic E-state index is 12.8. The minimum Gasteiger partial charge on any atom is -0.312 e. The summed E-state index contributed by atoms with van der Waals surface area (Å²) in [5.74, 6) is 0.432. The standard InChI is InChI=1S/C17H15N5O2/c1-11-13(9-23)22-16(24)14-15(20(2)17(22)19-11)21(10-18-14)8-12-6-4-3-5-7-12/h3-7,9-10H,8H2,1-2H3. The summed E-state index contributed by atoms with van der Waals surface area (Å²) in [4.78, 5) is 32.7. The molecule has 0 fully saturated rings. The highest BCUT2D eigenvalue weighted by Gasteiger charge is 2.19. The van der Waals surface area contributed by atoms with Crippen LogP contribution in [0.4, 0.5) is 0 Å². The minimum atomic E-state index is -0.326. The number of aromatic nitrogens is 5. The lowest BCUT2D eigenvalue weighted by molar-refractivity contribution is 0.111. The summed E-state index contributed by atoms with van der Waals surface area (Å²) in [6.07, 6.45) is 2.30. The van der Waals surface area contributed by atoms with Gasteiger partial charge in [-0.15, -0.1) is 0 Å². The van der Waals surface area contributed by atoms with E-state index in [1.807, 2.05) is 41.9 Å². The first-order chi connectivity index (χ1) is 11.6. The molecule has 1 aromatic carbocycles. The SMILES string of the molecule is Cc1nc2n(C)c3c(ncn3Cc3ccccc3)c(=O)n2c1C=O. The van der Waals surface area contributed by atoms with E-state index in [1.54, 1.807) is 17.8 Å². The van der Waals surface area contributed by atoms with Crippen molar-refractivity contribution in [1.82, 2.24) is 23.5 Å². The Balaban J connectivity index is 2.03. The van der Waals surface area contributed by atoms with E-state index in [1.165, 1.54) is 4.40 Å². The number of rotatable bonds is 3. The van der Waals surface area contributed by atoms with E-state index >= 15 is 0 Å². The van der Waals surface area contributed by atoms with Gasteiger partial charge in [-0.25, -0.2) is 14.4 Å². The predicted octanol–water partition coefficient (Wildman–Crippen LogP) is 1.55. The molecule has 0 atom stereocenters. The van der Waals surface area contributed by atoms with Gasteiger partial charge in [0.2, 0.25) is 5.78 Å². The first-order valence-electron chi connectivity index (χ1n) is 7.54. The van der Waals surface area contributed by atoms with Gasteiger partial charge in [0.15, 0.2) is 11.8 Å². The van der Waals surface area contributed by atoms with Crippen LogP contribution in [0.1, 0.15) is 21.7 Å².